The molecule has 28 heavy (non-hydrogen) atoms. The molecule has 0 spiro atoms. The Hall–Kier alpha value is -1.95. The highest BCUT2D eigenvalue weighted by molar-refractivity contribution is 5.56. The zero-order valence-corrected chi connectivity index (χ0v) is 17.7. The fourth-order valence-electron chi connectivity index (χ4n) is 5.10. The van der Waals surface area contributed by atoms with Gasteiger partial charge in [-0.2, -0.15) is 0 Å². The van der Waals surface area contributed by atoms with E-state index in [9.17, 15) is 0 Å². The molecule has 2 aliphatic rings. The number of piperazine rings is 1. The minimum Gasteiger partial charge on any atom is -0.360 e. The molecule has 1 saturated heterocycles. The van der Waals surface area contributed by atoms with Gasteiger partial charge in [0.05, 0.1) is 32.2 Å². The standard InChI is InChI=1S/C22H34N6/c1-4-8-21(22-23-24-25-28(22)19-10-5-6-11-19)27-15-13-26(14-16-27)20-12-7-9-17(2)18(20)3/h7,9,12,19,21H,4-6,8,10-11,13-16H2,1-3H3/p+1/t21-/m0/s1. The minimum absolute atomic E-state index is 0.418. The highest BCUT2D eigenvalue weighted by Crippen LogP contribution is 2.30. The van der Waals surface area contributed by atoms with Crippen molar-refractivity contribution in [2.45, 2.75) is 71.4 Å². The topological polar surface area (TPSA) is 51.3 Å². The van der Waals surface area contributed by atoms with Gasteiger partial charge in [0.15, 0.2) is 0 Å². The van der Waals surface area contributed by atoms with Crippen LogP contribution in [0.3, 0.4) is 0 Å². The maximum atomic E-state index is 4.53. The van der Waals surface area contributed by atoms with Crippen LogP contribution in [0.2, 0.25) is 0 Å². The van der Waals surface area contributed by atoms with Gasteiger partial charge < -0.3 is 9.80 Å². The highest BCUT2D eigenvalue weighted by Gasteiger charge is 2.34. The lowest BCUT2D eigenvalue weighted by Gasteiger charge is -2.38. The molecule has 1 atom stereocenters. The van der Waals surface area contributed by atoms with E-state index in [4.69, 9.17) is 0 Å². The Balaban J connectivity index is 1.49. The fourth-order valence-corrected chi connectivity index (χ4v) is 5.10. The number of rotatable bonds is 6. The van der Waals surface area contributed by atoms with E-state index >= 15 is 0 Å². The number of anilines is 1. The third-order valence-electron chi connectivity index (χ3n) is 6.89. The molecule has 0 amide bonds. The molecule has 2 heterocycles. The lowest BCUT2D eigenvalue weighted by atomic mass is 10.0. The van der Waals surface area contributed by atoms with Crippen molar-refractivity contribution >= 4 is 5.69 Å². The molecule has 1 aliphatic heterocycles. The summed E-state index contributed by atoms with van der Waals surface area (Å²) in [4.78, 5) is 4.21. The highest BCUT2D eigenvalue weighted by atomic mass is 15.6. The molecule has 6 nitrogen and oxygen atoms in total. The number of nitrogens with one attached hydrogen (secondary N) is 1. The summed E-state index contributed by atoms with van der Waals surface area (Å²) in [5.74, 6) is 1.13. The summed E-state index contributed by atoms with van der Waals surface area (Å²) >= 11 is 0. The summed E-state index contributed by atoms with van der Waals surface area (Å²) < 4.78 is 2.18. The quantitative estimate of drug-likeness (QED) is 0.833. The first-order chi connectivity index (χ1) is 13.7. The van der Waals surface area contributed by atoms with Gasteiger partial charge >= 0.3 is 0 Å². The van der Waals surface area contributed by atoms with Crippen LogP contribution in [-0.4, -0.2) is 46.4 Å². The monoisotopic (exact) mass is 383 g/mol. The first-order valence-electron chi connectivity index (χ1n) is 11.1. The van der Waals surface area contributed by atoms with Gasteiger partial charge in [-0.1, -0.05) is 38.3 Å². The number of quaternary nitrogens is 1. The van der Waals surface area contributed by atoms with Crippen LogP contribution in [0.1, 0.15) is 74.5 Å². The van der Waals surface area contributed by atoms with Crippen LogP contribution < -0.4 is 9.80 Å². The molecule has 1 saturated carbocycles. The first kappa shape index (κ1) is 19.4. The van der Waals surface area contributed by atoms with Crippen molar-refractivity contribution in [3.05, 3.63) is 35.2 Å². The number of aromatic nitrogens is 4. The van der Waals surface area contributed by atoms with Crippen molar-refractivity contribution in [2.75, 3.05) is 31.1 Å². The lowest BCUT2D eigenvalue weighted by Crippen LogP contribution is -3.15. The van der Waals surface area contributed by atoms with Gasteiger partial charge in [-0.3, -0.25) is 0 Å². The van der Waals surface area contributed by atoms with Crippen LogP contribution in [0.15, 0.2) is 18.2 Å². The number of nitrogens with zero attached hydrogens (tertiary/aromatic N) is 5. The number of hydrogen-bond acceptors (Lipinski definition) is 4. The Morgan fingerprint density at radius 2 is 1.89 bits per heavy atom. The maximum Gasteiger partial charge on any atom is 0.209 e. The van der Waals surface area contributed by atoms with Crippen LogP contribution in [0.25, 0.3) is 0 Å². The van der Waals surface area contributed by atoms with E-state index in [1.54, 1.807) is 4.90 Å². The lowest BCUT2D eigenvalue weighted by molar-refractivity contribution is -0.933. The second kappa shape index (κ2) is 8.60. The summed E-state index contributed by atoms with van der Waals surface area (Å²) in [6.07, 6.45) is 7.41. The van der Waals surface area contributed by atoms with E-state index < -0.39 is 0 Å². The van der Waals surface area contributed by atoms with Gasteiger partial charge in [-0.25, -0.2) is 4.68 Å². The molecule has 0 unspecified atom stereocenters. The average molecular weight is 384 g/mol. The van der Waals surface area contributed by atoms with E-state index in [0.29, 0.717) is 12.1 Å². The minimum atomic E-state index is 0.418. The van der Waals surface area contributed by atoms with Crippen LogP contribution >= 0.6 is 0 Å². The van der Waals surface area contributed by atoms with E-state index in [2.05, 4.69) is 64.1 Å². The number of tetrazole rings is 1. The van der Waals surface area contributed by atoms with Crippen molar-refractivity contribution < 1.29 is 4.90 Å². The largest absolute Gasteiger partial charge is 0.360 e. The smallest absolute Gasteiger partial charge is 0.209 e. The van der Waals surface area contributed by atoms with Gasteiger partial charge in [0.1, 0.15) is 6.04 Å². The Morgan fingerprint density at radius 3 is 2.61 bits per heavy atom. The predicted octanol–water partition coefficient (Wildman–Crippen LogP) is 2.65. The van der Waals surface area contributed by atoms with Gasteiger partial charge in [-0.05, 0) is 54.3 Å². The number of benzene rings is 1. The molecule has 6 heteroatoms. The summed E-state index contributed by atoms with van der Waals surface area (Å²) in [6.45, 7) is 11.2. The van der Waals surface area contributed by atoms with Gasteiger partial charge in [0.25, 0.3) is 0 Å². The van der Waals surface area contributed by atoms with Crippen molar-refractivity contribution in [1.29, 1.82) is 0 Å². The van der Waals surface area contributed by atoms with E-state index in [1.165, 1.54) is 48.9 Å². The zero-order chi connectivity index (χ0) is 19.5. The molecule has 2 aromatic rings. The van der Waals surface area contributed by atoms with Gasteiger partial charge in [-0.15, -0.1) is 5.10 Å². The third-order valence-corrected chi connectivity index (χ3v) is 6.89. The molecule has 0 bridgehead atoms. The van der Waals surface area contributed by atoms with Crippen molar-refractivity contribution in [2.24, 2.45) is 0 Å². The SMILES string of the molecule is CCC[C@@H](c1nnnn1C1CCCC1)[NH+]1CCN(c2cccc(C)c2C)CC1. The third kappa shape index (κ3) is 3.79. The zero-order valence-electron chi connectivity index (χ0n) is 17.7. The van der Waals surface area contributed by atoms with E-state index in [1.807, 2.05) is 0 Å². The summed E-state index contributed by atoms with van der Waals surface area (Å²) in [6, 6.07) is 7.60. The van der Waals surface area contributed by atoms with Gasteiger partial charge in [0.2, 0.25) is 5.82 Å². The normalized spacial score (nSPS) is 20.0. The van der Waals surface area contributed by atoms with E-state index in [0.717, 1.165) is 38.4 Å². The molecule has 4 rings (SSSR count). The molecule has 0 radical (unpaired) electrons. The molecule has 152 valence electrons. The Morgan fingerprint density at radius 1 is 1.14 bits per heavy atom. The molecular formula is C22H35N6+. The van der Waals surface area contributed by atoms with Crippen LogP contribution in [0, 0.1) is 13.8 Å². The second-order valence-corrected chi connectivity index (χ2v) is 8.63. The summed E-state index contributed by atoms with van der Waals surface area (Å²) in [7, 11) is 0. The van der Waals surface area contributed by atoms with E-state index in [-0.39, 0.29) is 0 Å². The Bertz CT molecular complexity index is 771. The molecule has 1 aromatic carbocycles. The predicted molar refractivity (Wildman–Crippen MR) is 112 cm³/mol. The maximum absolute atomic E-state index is 4.53. The Kier molecular flexibility index (Phi) is 5.95. The molecule has 1 aliphatic carbocycles. The van der Waals surface area contributed by atoms with Crippen LogP contribution in [0.5, 0.6) is 0 Å². The Labute approximate surface area is 168 Å². The van der Waals surface area contributed by atoms with Crippen molar-refractivity contribution in [1.82, 2.24) is 20.2 Å². The van der Waals surface area contributed by atoms with Crippen molar-refractivity contribution in [3.8, 4) is 0 Å². The molecule has 1 N–H and O–H groups in total. The summed E-state index contributed by atoms with van der Waals surface area (Å²) in [5, 5.41) is 13.0. The van der Waals surface area contributed by atoms with Crippen molar-refractivity contribution in [3.63, 3.8) is 0 Å². The van der Waals surface area contributed by atoms with Crippen LogP contribution in [-0.2, 0) is 0 Å². The fraction of sp³-hybridized carbons (Fsp3) is 0.682. The average Bonchev–Trinajstić information content (AvgIpc) is 3.40. The summed E-state index contributed by atoms with van der Waals surface area (Å²) in [5.41, 5.74) is 4.20. The molecular weight excluding hydrogens is 348 g/mol. The van der Waals surface area contributed by atoms with Gasteiger partial charge in [0, 0.05) is 12.1 Å². The second-order valence-electron chi connectivity index (χ2n) is 8.63. The number of hydrogen-bond donors (Lipinski definition) is 1. The molecule has 1 aromatic heterocycles. The number of aryl methyl sites for hydroxylation is 1. The first-order valence-corrected chi connectivity index (χ1v) is 11.1. The molecule has 2 fully saturated rings. The van der Waals surface area contributed by atoms with Crippen LogP contribution in [0.4, 0.5) is 5.69 Å².